The lowest BCUT2D eigenvalue weighted by Gasteiger charge is -2.27. The Balaban J connectivity index is 1.95. The molecule has 1 fully saturated rings. The highest BCUT2D eigenvalue weighted by Gasteiger charge is 2.19. The molecule has 4 nitrogen and oxygen atoms in total. The van der Waals surface area contributed by atoms with Crippen LogP contribution in [0, 0.1) is 5.92 Å². The minimum atomic E-state index is -0.717. The van der Waals surface area contributed by atoms with Gasteiger partial charge in [0, 0.05) is 29.4 Å². The molecule has 19 heavy (non-hydrogen) atoms. The average Bonchev–Trinajstić information content (AvgIpc) is 2.37. The Morgan fingerprint density at radius 1 is 1.37 bits per heavy atom. The van der Waals surface area contributed by atoms with E-state index in [0.29, 0.717) is 19.3 Å². The third kappa shape index (κ3) is 8.74. The van der Waals surface area contributed by atoms with Gasteiger partial charge in [0.25, 0.3) is 0 Å². The molecule has 0 aromatic rings. The molecule has 1 rings (SSSR count). The Morgan fingerprint density at radius 3 is 2.68 bits per heavy atom. The van der Waals surface area contributed by atoms with Crippen LogP contribution in [0.25, 0.3) is 0 Å². The van der Waals surface area contributed by atoms with E-state index in [1.807, 2.05) is 0 Å². The van der Waals surface area contributed by atoms with Crippen LogP contribution in [-0.4, -0.2) is 53.2 Å². The predicted octanol–water partition coefficient (Wildman–Crippen LogP) is 1.30. The summed E-state index contributed by atoms with van der Waals surface area (Å²) in [6.07, 6.45) is 7.25. The summed E-state index contributed by atoms with van der Waals surface area (Å²) < 4.78 is 16.6. The quantitative estimate of drug-likeness (QED) is 0.629. The number of aliphatic hydroxyl groups is 1. The van der Waals surface area contributed by atoms with Crippen molar-refractivity contribution in [1.82, 2.24) is 5.32 Å². The van der Waals surface area contributed by atoms with Gasteiger partial charge in [-0.2, -0.15) is 0 Å². The zero-order valence-corrected chi connectivity index (χ0v) is 13.1. The second kappa shape index (κ2) is 9.86. The standard InChI is InChI=1S/C14H29NO3S/c1-12-4-6-14(7-5-12)18-11-13(16)10-15-8-3-9-19(2)17/h12-16H,3-11H2,1-2H3. The maximum atomic E-state index is 10.9. The summed E-state index contributed by atoms with van der Waals surface area (Å²) in [6.45, 7) is 4.07. The van der Waals surface area contributed by atoms with Crippen LogP contribution < -0.4 is 5.32 Å². The zero-order chi connectivity index (χ0) is 14.1. The smallest absolute Gasteiger partial charge is 0.0897 e. The highest BCUT2D eigenvalue weighted by molar-refractivity contribution is 7.84. The van der Waals surface area contributed by atoms with E-state index in [4.69, 9.17) is 4.74 Å². The Morgan fingerprint density at radius 2 is 2.05 bits per heavy atom. The van der Waals surface area contributed by atoms with Gasteiger partial charge in [-0.1, -0.05) is 6.92 Å². The highest BCUT2D eigenvalue weighted by atomic mass is 32.2. The van der Waals surface area contributed by atoms with Gasteiger partial charge in [0.1, 0.15) is 0 Å². The van der Waals surface area contributed by atoms with Gasteiger partial charge >= 0.3 is 0 Å². The van der Waals surface area contributed by atoms with Crippen molar-refractivity contribution in [3.05, 3.63) is 0 Å². The monoisotopic (exact) mass is 291 g/mol. The summed E-state index contributed by atoms with van der Waals surface area (Å²) in [5, 5.41) is 13.0. The number of aliphatic hydroxyl groups excluding tert-OH is 1. The number of hydrogen-bond acceptors (Lipinski definition) is 4. The molecular formula is C14H29NO3S. The van der Waals surface area contributed by atoms with Gasteiger partial charge in [-0.05, 0) is 44.6 Å². The summed E-state index contributed by atoms with van der Waals surface area (Å²) in [6, 6.07) is 0. The van der Waals surface area contributed by atoms with Crippen LogP contribution in [0.5, 0.6) is 0 Å². The zero-order valence-electron chi connectivity index (χ0n) is 12.3. The summed E-state index contributed by atoms with van der Waals surface area (Å²) in [4.78, 5) is 0. The summed E-state index contributed by atoms with van der Waals surface area (Å²) in [7, 11) is -0.717. The number of ether oxygens (including phenoxy) is 1. The van der Waals surface area contributed by atoms with Crippen molar-refractivity contribution in [2.45, 2.75) is 51.2 Å². The van der Waals surface area contributed by atoms with E-state index >= 15 is 0 Å². The van der Waals surface area contributed by atoms with Gasteiger partial charge in [-0.3, -0.25) is 4.21 Å². The molecule has 1 aliphatic rings. The molecule has 114 valence electrons. The first kappa shape index (κ1) is 17.1. The van der Waals surface area contributed by atoms with Crippen LogP contribution in [0.1, 0.15) is 39.0 Å². The van der Waals surface area contributed by atoms with E-state index in [2.05, 4.69) is 12.2 Å². The fraction of sp³-hybridized carbons (Fsp3) is 1.00. The average molecular weight is 291 g/mol. The molecule has 0 spiro atoms. The molecule has 1 saturated carbocycles. The van der Waals surface area contributed by atoms with Crippen molar-refractivity contribution in [3.8, 4) is 0 Å². The normalized spacial score (nSPS) is 27.1. The van der Waals surface area contributed by atoms with Crippen LogP contribution in [0.2, 0.25) is 0 Å². The lowest BCUT2D eigenvalue weighted by Crippen LogP contribution is -2.33. The summed E-state index contributed by atoms with van der Waals surface area (Å²) in [5.74, 6) is 1.55. The molecule has 2 unspecified atom stereocenters. The molecule has 0 radical (unpaired) electrons. The van der Waals surface area contributed by atoms with Gasteiger partial charge in [0.05, 0.1) is 18.8 Å². The maximum absolute atomic E-state index is 10.9. The first-order chi connectivity index (χ1) is 9.08. The predicted molar refractivity (Wildman–Crippen MR) is 79.8 cm³/mol. The van der Waals surface area contributed by atoms with E-state index in [1.165, 1.54) is 12.8 Å². The Hall–Kier alpha value is 0.0300. The Bertz CT molecular complexity index is 255. The third-order valence-corrected chi connectivity index (χ3v) is 4.52. The van der Waals surface area contributed by atoms with E-state index < -0.39 is 16.9 Å². The van der Waals surface area contributed by atoms with Gasteiger partial charge in [0.2, 0.25) is 0 Å². The lowest BCUT2D eigenvalue weighted by atomic mass is 9.89. The van der Waals surface area contributed by atoms with Crippen molar-refractivity contribution >= 4 is 10.8 Å². The second-order valence-corrected chi connectivity index (χ2v) is 7.26. The van der Waals surface area contributed by atoms with Crippen molar-refractivity contribution in [3.63, 3.8) is 0 Å². The highest BCUT2D eigenvalue weighted by Crippen LogP contribution is 2.25. The van der Waals surface area contributed by atoms with Crippen molar-refractivity contribution < 1.29 is 14.1 Å². The maximum Gasteiger partial charge on any atom is 0.0897 e. The number of hydrogen-bond donors (Lipinski definition) is 2. The largest absolute Gasteiger partial charge is 0.389 e. The molecule has 0 saturated heterocycles. The van der Waals surface area contributed by atoms with Crippen LogP contribution in [-0.2, 0) is 15.5 Å². The van der Waals surface area contributed by atoms with Gasteiger partial charge < -0.3 is 15.2 Å². The molecule has 0 bridgehead atoms. The molecular weight excluding hydrogens is 262 g/mol. The molecule has 5 heteroatoms. The van der Waals surface area contributed by atoms with E-state index in [9.17, 15) is 9.32 Å². The van der Waals surface area contributed by atoms with E-state index in [-0.39, 0.29) is 0 Å². The minimum absolute atomic E-state index is 0.341. The molecule has 0 aromatic heterocycles. The van der Waals surface area contributed by atoms with Crippen molar-refractivity contribution in [1.29, 1.82) is 0 Å². The van der Waals surface area contributed by atoms with Crippen molar-refractivity contribution in [2.75, 3.05) is 31.7 Å². The number of nitrogens with one attached hydrogen (secondary N) is 1. The molecule has 2 atom stereocenters. The topological polar surface area (TPSA) is 58.6 Å². The van der Waals surface area contributed by atoms with Crippen LogP contribution in [0.15, 0.2) is 0 Å². The molecule has 1 aliphatic carbocycles. The number of rotatable bonds is 9. The molecule has 0 amide bonds. The van der Waals surface area contributed by atoms with Crippen molar-refractivity contribution in [2.24, 2.45) is 5.92 Å². The van der Waals surface area contributed by atoms with E-state index in [1.54, 1.807) is 6.26 Å². The second-order valence-electron chi connectivity index (χ2n) is 5.70. The SMILES string of the molecule is CC1CCC(OCC(O)CNCCCS(C)=O)CC1. The van der Waals surface area contributed by atoms with E-state index in [0.717, 1.165) is 37.5 Å². The van der Waals surface area contributed by atoms with Gasteiger partial charge in [0.15, 0.2) is 0 Å². The van der Waals surface area contributed by atoms with Gasteiger partial charge in [-0.15, -0.1) is 0 Å². The first-order valence-electron chi connectivity index (χ1n) is 7.38. The van der Waals surface area contributed by atoms with Crippen LogP contribution >= 0.6 is 0 Å². The molecule has 0 heterocycles. The Labute approximate surface area is 119 Å². The Kier molecular flexibility index (Phi) is 8.86. The fourth-order valence-corrected chi connectivity index (χ4v) is 2.92. The summed E-state index contributed by atoms with van der Waals surface area (Å²) in [5.41, 5.74) is 0. The summed E-state index contributed by atoms with van der Waals surface area (Å²) >= 11 is 0. The third-order valence-electron chi connectivity index (χ3n) is 3.65. The molecule has 0 aromatic carbocycles. The molecule has 0 aliphatic heterocycles. The molecule has 2 N–H and O–H groups in total. The first-order valence-corrected chi connectivity index (χ1v) is 9.11. The van der Waals surface area contributed by atoms with Crippen LogP contribution in [0.4, 0.5) is 0 Å². The minimum Gasteiger partial charge on any atom is -0.389 e. The van der Waals surface area contributed by atoms with Gasteiger partial charge in [-0.25, -0.2) is 0 Å². The van der Waals surface area contributed by atoms with Crippen LogP contribution in [0.3, 0.4) is 0 Å². The fourth-order valence-electron chi connectivity index (χ4n) is 2.37. The lowest BCUT2D eigenvalue weighted by molar-refractivity contribution is -0.0277.